The standard InChI is InChI=1S/C13H18N2O3/c1-14(2)9-6-7-15(8-9)13(18)10-4-3-5-11(16)12(10)17/h3-5,9,16-17H,6-8H2,1-2H3. The van der Waals surface area contributed by atoms with Gasteiger partial charge in [0.1, 0.15) is 0 Å². The summed E-state index contributed by atoms with van der Waals surface area (Å²) in [5.74, 6) is -0.826. The van der Waals surface area contributed by atoms with Crippen LogP contribution in [-0.4, -0.2) is 59.1 Å². The Morgan fingerprint density at radius 3 is 2.72 bits per heavy atom. The second-order valence-electron chi connectivity index (χ2n) is 4.83. The van der Waals surface area contributed by atoms with Crippen LogP contribution in [0.4, 0.5) is 0 Å². The van der Waals surface area contributed by atoms with Crippen molar-refractivity contribution in [2.45, 2.75) is 12.5 Å². The van der Waals surface area contributed by atoms with E-state index in [0.717, 1.165) is 6.42 Å². The van der Waals surface area contributed by atoms with Crippen molar-refractivity contribution < 1.29 is 15.0 Å². The third-order valence-electron chi connectivity index (χ3n) is 3.43. The highest BCUT2D eigenvalue weighted by Gasteiger charge is 2.29. The fraction of sp³-hybridized carbons (Fsp3) is 0.462. The minimum Gasteiger partial charge on any atom is -0.504 e. The van der Waals surface area contributed by atoms with E-state index in [0.29, 0.717) is 19.1 Å². The number of carbonyl (C=O) groups excluding carboxylic acids is 1. The third-order valence-corrected chi connectivity index (χ3v) is 3.43. The van der Waals surface area contributed by atoms with Gasteiger partial charge in [-0.1, -0.05) is 6.07 Å². The summed E-state index contributed by atoms with van der Waals surface area (Å²) in [6.45, 7) is 1.33. The Morgan fingerprint density at radius 2 is 2.11 bits per heavy atom. The van der Waals surface area contributed by atoms with Gasteiger partial charge in [-0.3, -0.25) is 4.79 Å². The van der Waals surface area contributed by atoms with Gasteiger partial charge >= 0.3 is 0 Å². The summed E-state index contributed by atoms with van der Waals surface area (Å²) in [5, 5.41) is 19.1. The Hall–Kier alpha value is -1.75. The van der Waals surface area contributed by atoms with E-state index in [2.05, 4.69) is 4.90 Å². The molecule has 1 fully saturated rings. The van der Waals surface area contributed by atoms with Crippen LogP contribution in [0.2, 0.25) is 0 Å². The molecule has 2 rings (SSSR count). The molecule has 0 aromatic heterocycles. The van der Waals surface area contributed by atoms with Gasteiger partial charge in [0.15, 0.2) is 11.5 Å². The maximum absolute atomic E-state index is 12.2. The zero-order valence-corrected chi connectivity index (χ0v) is 10.6. The maximum Gasteiger partial charge on any atom is 0.257 e. The molecule has 1 aromatic carbocycles. The van der Waals surface area contributed by atoms with Crippen molar-refractivity contribution in [3.63, 3.8) is 0 Å². The number of nitrogens with zero attached hydrogens (tertiary/aromatic N) is 2. The van der Waals surface area contributed by atoms with Crippen LogP contribution in [0.1, 0.15) is 16.8 Å². The van der Waals surface area contributed by atoms with Crippen molar-refractivity contribution in [3.05, 3.63) is 23.8 Å². The Balaban J connectivity index is 2.16. The van der Waals surface area contributed by atoms with Gasteiger partial charge in [0.2, 0.25) is 0 Å². The van der Waals surface area contributed by atoms with Crippen LogP contribution in [0.15, 0.2) is 18.2 Å². The summed E-state index contributed by atoms with van der Waals surface area (Å²) in [6.07, 6.45) is 0.929. The maximum atomic E-state index is 12.2. The Morgan fingerprint density at radius 1 is 1.39 bits per heavy atom. The normalized spacial score (nSPS) is 19.5. The molecule has 1 amide bonds. The van der Waals surface area contributed by atoms with Gasteiger partial charge in [0.05, 0.1) is 5.56 Å². The third kappa shape index (κ3) is 2.26. The number of phenols is 2. The molecular weight excluding hydrogens is 232 g/mol. The van der Waals surface area contributed by atoms with E-state index in [-0.39, 0.29) is 23.0 Å². The van der Waals surface area contributed by atoms with Gasteiger partial charge in [0, 0.05) is 19.1 Å². The van der Waals surface area contributed by atoms with Crippen molar-refractivity contribution in [2.24, 2.45) is 0 Å². The molecule has 0 aliphatic carbocycles. The first-order valence-electron chi connectivity index (χ1n) is 5.97. The number of likely N-dealkylation sites (N-methyl/N-ethyl adjacent to an activating group) is 1. The fourth-order valence-electron chi connectivity index (χ4n) is 2.22. The summed E-state index contributed by atoms with van der Waals surface area (Å²) in [5.41, 5.74) is 0.161. The molecule has 1 atom stereocenters. The van der Waals surface area contributed by atoms with Crippen LogP contribution in [0, 0.1) is 0 Å². The number of likely N-dealkylation sites (tertiary alicyclic amines) is 1. The van der Waals surface area contributed by atoms with E-state index in [1.165, 1.54) is 12.1 Å². The van der Waals surface area contributed by atoms with Crippen LogP contribution in [0.25, 0.3) is 0 Å². The summed E-state index contributed by atoms with van der Waals surface area (Å²) in [6, 6.07) is 4.80. The van der Waals surface area contributed by atoms with Crippen molar-refractivity contribution in [1.29, 1.82) is 0 Å². The van der Waals surface area contributed by atoms with Crippen LogP contribution in [0.3, 0.4) is 0 Å². The lowest BCUT2D eigenvalue weighted by Gasteiger charge is -2.20. The fourth-order valence-corrected chi connectivity index (χ4v) is 2.22. The number of carbonyl (C=O) groups is 1. The molecule has 1 unspecified atom stereocenters. The number of para-hydroxylation sites is 1. The van der Waals surface area contributed by atoms with E-state index in [1.807, 2.05) is 14.1 Å². The molecule has 18 heavy (non-hydrogen) atoms. The lowest BCUT2D eigenvalue weighted by atomic mass is 10.1. The number of benzene rings is 1. The van der Waals surface area contributed by atoms with E-state index in [9.17, 15) is 15.0 Å². The number of hydrogen-bond acceptors (Lipinski definition) is 4. The van der Waals surface area contributed by atoms with Gasteiger partial charge in [-0.15, -0.1) is 0 Å². The van der Waals surface area contributed by atoms with E-state index in [4.69, 9.17) is 0 Å². The second kappa shape index (κ2) is 4.86. The molecule has 1 aromatic rings. The molecule has 1 aliphatic heterocycles. The van der Waals surface area contributed by atoms with Crippen molar-refractivity contribution >= 4 is 5.91 Å². The average molecular weight is 250 g/mol. The molecule has 0 spiro atoms. The minimum atomic E-state index is -0.337. The van der Waals surface area contributed by atoms with Crippen LogP contribution in [-0.2, 0) is 0 Å². The number of aromatic hydroxyl groups is 2. The Labute approximate surface area is 106 Å². The predicted octanol–water partition coefficient (Wildman–Crippen LogP) is 0.874. The van der Waals surface area contributed by atoms with Gasteiger partial charge < -0.3 is 20.0 Å². The first kappa shape index (κ1) is 12.7. The quantitative estimate of drug-likeness (QED) is 0.765. The summed E-state index contributed by atoms with van der Waals surface area (Å²) >= 11 is 0. The van der Waals surface area contributed by atoms with Gasteiger partial charge in [-0.25, -0.2) is 0 Å². The lowest BCUT2D eigenvalue weighted by Crippen LogP contribution is -2.34. The molecule has 1 saturated heterocycles. The zero-order valence-electron chi connectivity index (χ0n) is 10.6. The minimum absolute atomic E-state index is 0.161. The van der Waals surface area contributed by atoms with Crippen molar-refractivity contribution in [1.82, 2.24) is 9.80 Å². The summed E-state index contributed by atoms with van der Waals surface area (Å²) in [4.78, 5) is 16.0. The van der Waals surface area contributed by atoms with E-state index >= 15 is 0 Å². The molecule has 98 valence electrons. The number of rotatable bonds is 2. The molecule has 1 aliphatic rings. The smallest absolute Gasteiger partial charge is 0.257 e. The van der Waals surface area contributed by atoms with Crippen molar-refractivity contribution in [2.75, 3.05) is 27.2 Å². The van der Waals surface area contributed by atoms with Crippen LogP contribution < -0.4 is 0 Å². The summed E-state index contributed by atoms with van der Waals surface area (Å²) < 4.78 is 0. The van der Waals surface area contributed by atoms with Gasteiger partial charge in [-0.2, -0.15) is 0 Å². The Kier molecular flexibility index (Phi) is 3.43. The number of phenolic OH excluding ortho intramolecular Hbond substituents is 2. The highest BCUT2D eigenvalue weighted by Crippen LogP contribution is 2.30. The van der Waals surface area contributed by atoms with Crippen LogP contribution in [0.5, 0.6) is 11.5 Å². The Bertz CT molecular complexity index is 460. The van der Waals surface area contributed by atoms with E-state index < -0.39 is 0 Å². The first-order valence-corrected chi connectivity index (χ1v) is 5.97. The number of hydrogen-bond donors (Lipinski definition) is 2. The lowest BCUT2D eigenvalue weighted by molar-refractivity contribution is 0.0779. The molecule has 1 heterocycles. The SMILES string of the molecule is CN(C)C1CCN(C(=O)c2cccc(O)c2O)C1. The molecule has 0 bridgehead atoms. The molecule has 5 nitrogen and oxygen atoms in total. The van der Waals surface area contributed by atoms with Crippen LogP contribution >= 0.6 is 0 Å². The topological polar surface area (TPSA) is 64.0 Å². The highest BCUT2D eigenvalue weighted by atomic mass is 16.3. The first-order chi connectivity index (χ1) is 8.50. The molecule has 2 N–H and O–H groups in total. The van der Waals surface area contributed by atoms with Gasteiger partial charge in [0.25, 0.3) is 5.91 Å². The zero-order chi connectivity index (χ0) is 13.3. The largest absolute Gasteiger partial charge is 0.504 e. The predicted molar refractivity (Wildman–Crippen MR) is 67.8 cm³/mol. The summed E-state index contributed by atoms with van der Waals surface area (Å²) in [7, 11) is 3.98. The second-order valence-corrected chi connectivity index (χ2v) is 4.83. The van der Waals surface area contributed by atoms with Gasteiger partial charge in [-0.05, 0) is 32.6 Å². The van der Waals surface area contributed by atoms with Crippen molar-refractivity contribution in [3.8, 4) is 11.5 Å². The molecular formula is C13H18N2O3. The molecule has 0 saturated carbocycles. The molecule has 0 radical (unpaired) electrons. The highest BCUT2D eigenvalue weighted by molar-refractivity contribution is 5.97. The molecule has 5 heteroatoms. The average Bonchev–Trinajstić information content (AvgIpc) is 2.81. The monoisotopic (exact) mass is 250 g/mol. The number of amides is 1. The van der Waals surface area contributed by atoms with E-state index in [1.54, 1.807) is 11.0 Å².